The zero-order valence-corrected chi connectivity index (χ0v) is 8.99. The minimum Gasteiger partial charge on any atom is -0.479 e. The summed E-state index contributed by atoms with van der Waals surface area (Å²) >= 11 is 0. The molecule has 0 aromatic heterocycles. The van der Waals surface area contributed by atoms with Gasteiger partial charge in [-0.15, -0.1) is 0 Å². The molecule has 14 heavy (non-hydrogen) atoms. The summed E-state index contributed by atoms with van der Waals surface area (Å²) in [6.07, 6.45) is 4.85. The van der Waals surface area contributed by atoms with Crippen molar-refractivity contribution in [3.8, 4) is 0 Å². The molecule has 0 amide bonds. The van der Waals surface area contributed by atoms with Crippen molar-refractivity contribution in [1.82, 2.24) is 0 Å². The Morgan fingerprint density at radius 3 is 2.29 bits per heavy atom. The lowest BCUT2D eigenvalue weighted by Gasteiger charge is -2.30. The zero-order chi connectivity index (χ0) is 10.8. The first-order valence-corrected chi connectivity index (χ1v) is 5.37. The Kier molecular flexibility index (Phi) is 3.53. The number of rotatable bonds is 3. The molecule has 1 atom stereocenters. The Bertz CT molecular complexity index is 203. The fraction of sp³-hybridized carbons (Fsp3) is 0.909. The van der Waals surface area contributed by atoms with Gasteiger partial charge in [-0.3, -0.25) is 0 Å². The monoisotopic (exact) mass is 200 g/mol. The van der Waals surface area contributed by atoms with Gasteiger partial charge in [0.2, 0.25) is 0 Å². The maximum Gasteiger partial charge on any atom is 0.335 e. The van der Waals surface area contributed by atoms with Gasteiger partial charge in [0.15, 0.2) is 5.60 Å². The average Bonchev–Trinajstić information content (AvgIpc) is 2.08. The molecule has 0 heterocycles. The van der Waals surface area contributed by atoms with E-state index in [9.17, 15) is 9.90 Å². The standard InChI is InChI=1S/C11H20O3/c1-8-3-5-9(6-4-8)7-11(2,14)10(12)13/h8-9,14H,3-7H2,1-2H3,(H,12,13). The van der Waals surface area contributed by atoms with Gasteiger partial charge in [0.05, 0.1) is 0 Å². The molecule has 1 unspecified atom stereocenters. The molecule has 0 spiro atoms. The smallest absolute Gasteiger partial charge is 0.335 e. The van der Waals surface area contributed by atoms with Crippen LogP contribution in [0.5, 0.6) is 0 Å². The second-order valence-electron chi connectivity index (χ2n) is 4.91. The summed E-state index contributed by atoms with van der Waals surface area (Å²) in [5.41, 5.74) is -1.54. The largest absolute Gasteiger partial charge is 0.479 e. The summed E-state index contributed by atoms with van der Waals surface area (Å²) in [7, 11) is 0. The Hall–Kier alpha value is -0.570. The summed E-state index contributed by atoms with van der Waals surface area (Å²) in [4.78, 5) is 10.7. The molecule has 2 N–H and O–H groups in total. The quantitative estimate of drug-likeness (QED) is 0.733. The van der Waals surface area contributed by atoms with E-state index in [1.807, 2.05) is 0 Å². The van der Waals surface area contributed by atoms with Gasteiger partial charge in [-0.25, -0.2) is 4.79 Å². The molecule has 3 nitrogen and oxygen atoms in total. The van der Waals surface area contributed by atoms with E-state index < -0.39 is 11.6 Å². The second kappa shape index (κ2) is 4.30. The van der Waals surface area contributed by atoms with Crippen molar-refractivity contribution in [2.75, 3.05) is 0 Å². The van der Waals surface area contributed by atoms with Crippen molar-refractivity contribution in [2.45, 2.75) is 51.6 Å². The Balaban J connectivity index is 2.41. The van der Waals surface area contributed by atoms with Crippen LogP contribution in [0.25, 0.3) is 0 Å². The molecular formula is C11H20O3. The van der Waals surface area contributed by atoms with Gasteiger partial charge in [0.25, 0.3) is 0 Å². The predicted molar refractivity (Wildman–Crippen MR) is 54.0 cm³/mol. The van der Waals surface area contributed by atoms with Crippen LogP contribution in [-0.4, -0.2) is 21.8 Å². The highest BCUT2D eigenvalue weighted by Gasteiger charge is 2.34. The van der Waals surface area contributed by atoms with Crippen LogP contribution >= 0.6 is 0 Å². The fourth-order valence-electron chi connectivity index (χ4n) is 2.18. The number of carboxylic acid groups (broad SMARTS) is 1. The Morgan fingerprint density at radius 1 is 1.36 bits per heavy atom. The summed E-state index contributed by atoms with van der Waals surface area (Å²) in [5.74, 6) is 0.0504. The van der Waals surface area contributed by atoms with Crippen molar-refractivity contribution >= 4 is 5.97 Å². The molecule has 0 aromatic rings. The van der Waals surface area contributed by atoms with Crippen LogP contribution in [-0.2, 0) is 4.79 Å². The van der Waals surface area contributed by atoms with Crippen LogP contribution in [0.1, 0.15) is 46.0 Å². The molecule has 1 aliphatic carbocycles. The van der Waals surface area contributed by atoms with Crippen molar-refractivity contribution in [1.29, 1.82) is 0 Å². The second-order valence-corrected chi connectivity index (χ2v) is 4.91. The number of carboxylic acids is 1. The molecule has 1 aliphatic rings. The van der Waals surface area contributed by atoms with Gasteiger partial charge in [-0.05, 0) is 25.2 Å². The summed E-state index contributed by atoms with van der Waals surface area (Å²) in [6.45, 7) is 3.62. The summed E-state index contributed by atoms with van der Waals surface area (Å²) in [5, 5.41) is 18.4. The third kappa shape index (κ3) is 2.98. The molecule has 0 radical (unpaired) electrons. The van der Waals surface area contributed by atoms with Gasteiger partial charge < -0.3 is 10.2 Å². The first-order chi connectivity index (χ1) is 6.42. The highest BCUT2D eigenvalue weighted by atomic mass is 16.4. The van der Waals surface area contributed by atoms with Gasteiger partial charge in [-0.2, -0.15) is 0 Å². The van der Waals surface area contributed by atoms with Crippen LogP contribution in [0.4, 0.5) is 0 Å². The van der Waals surface area contributed by atoms with Crippen molar-refractivity contribution in [3.63, 3.8) is 0 Å². The maximum absolute atomic E-state index is 10.7. The number of aliphatic hydroxyl groups is 1. The van der Waals surface area contributed by atoms with Crippen LogP contribution in [0.2, 0.25) is 0 Å². The normalized spacial score (nSPS) is 32.2. The predicted octanol–water partition coefficient (Wildman–Crippen LogP) is 2.04. The molecule has 1 saturated carbocycles. The number of hydrogen-bond acceptors (Lipinski definition) is 2. The van der Waals surface area contributed by atoms with Crippen LogP contribution < -0.4 is 0 Å². The molecule has 1 rings (SSSR count). The minimum absolute atomic E-state index is 0.386. The van der Waals surface area contributed by atoms with Gasteiger partial charge in [0.1, 0.15) is 0 Å². The van der Waals surface area contributed by atoms with E-state index in [0.717, 1.165) is 18.8 Å². The first-order valence-electron chi connectivity index (χ1n) is 5.37. The van der Waals surface area contributed by atoms with E-state index in [-0.39, 0.29) is 0 Å². The van der Waals surface area contributed by atoms with Gasteiger partial charge in [0, 0.05) is 0 Å². The van der Waals surface area contributed by atoms with E-state index in [4.69, 9.17) is 5.11 Å². The fourth-order valence-corrected chi connectivity index (χ4v) is 2.18. The number of hydrogen-bond donors (Lipinski definition) is 2. The molecule has 3 heteroatoms. The molecular weight excluding hydrogens is 180 g/mol. The van der Waals surface area contributed by atoms with Crippen molar-refractivity contribution in [3.05, 3.63) is 0 Å². The molecule has 0 bridgehead atoms. The third-order valence-electron chi connectivity index (χ3n) is 3.28. The summed E-state index contributed by atoms with van der Waals surface area (Å²) in [6, 6.07) is 0. The van der Waals surface area contributed by atoms with E-state index in [1.165, 1.54) is 19.8 Å². The molecule has 82 valence electrons. The summed E-state index contributed by atoms with van der Waals surface area (Å²) < 4.78 is 0. The maximum atomic E-state index is 10.7. The van der Waals surface area contributed by atoms with Crippen LogP contribution in [0.15, 0.2) is 0 Å². The van der Waals surface area contributed by atoms with Gasteiger partial charge in [-0.1, -0.05) is 32.6 Å². The van der Waals surface area contributed by atoms with E-state index >= 15 is 0 Å². The van der Waals surface area contributed by atoms with E-state index in [2.05, 4.69) is 6.92 Å². The lowest BCUT2D eigenvalue weighted by atomic mass is 9.78. The highest BCUT2D eigenvalue weighted by Crippen LogP contribution is 2.33. The topological polar surface area (TPSA) is 57.5 Å². The van der Waals surface area contributed by atoms with E-state index in [1.54, 1.807) is 0 Å². The lowest BCUT2D eigenvalue weighted by molar-refractivity contribution is -0.158. The van der Waals surface area contributed by atoms with E-state index in [0.29, 0.717) is 12.3 Å². The zero-order valence-electron chi connectivity index (χ0n) is 8.99. The lowest BCUT2D eigenvalue weighted by Crippen LogP contribution is -2.37. The number of carbonyl (C=O) groups is 1. The third-order valence-corrected chi connectivity index (χ3v) is 3.28. The molecule has 0 saturated heterocycles. The average molecular weight is 200 g/mol. The first kappa shape index (κ1) is 11.5. The minimum atomic E-state index is -1.54. The van der Waals surface area contributed by atoms with Crippen molar-refractivity contribution in [2.24, 2.45) is 11.8 Å². The Morgan fingerprint density at radius 2 is 1.86 bits per heavy atom. The van der Waals surface area contributed by atoms with Gasteiger partial charge >= 0.3 is 5.97 Å². The Labute approximate surface area is 85.1 Å². The SMILES string of the molecule is CC1CCC(CC(C)(O)C(=O)O)CC1. The van der Waals surface area contributed by atoms with Crippen LogP contribution in [0.3, 0.4) is 0 Å². The molecule has 1 fully saturated rings. The molecule has 0 aliphatic heterocycles. The van der Waals surface area contributed by atoms with Crippen LogP contribution in [0, 0.1) is 11.8 Å². The highest BCUT2D eigenvalue weighted by molar-refractivity contribution is 5.76. The molecule has 0 aromatic carbocycles. The van der Waals surface area contributed by atoms with Crippen molar-refractivity contribution < 1.29 is 15.0 Å². The number of aliphatic carboxylic acids is 1.